The lowest BCUT2D eigenvalue weighted by atomic mass is 9.95. The van der Waals surface area contributed by atoms with Gasteiger partial charge in [-0.1, -0.05) is 41.9 Å². The number of carbonyl (C=O) groups is 2. The Labute approximate surface area is 150 Å². The quantitative estimate of drug-likeness (QED) is 0.824. The molecule has 2 aromatic carbocycles. The van der Waals surface area contributed by atoms with Crippen molar-refractivity contribution < 1.29 is 19.1 Å². The van der Waals surface area contributed by atoms with E-state index in [0.29, 0.717) is 5.69 Å². The highest BCUT2D eigenvalue weighted by Crippen LogP contribution is 2.49. The average molecular weight is 360 g/mol. The molecule has 0 heterocycles. The van der Waals surface area contributed by atoms with Crippen LogP contribution in [0.4, 0.5) is 5.69 Å². The minimum absolute atomic E-state index is 0.117. The van der Waals surface area contributed by atoms with Crippen molar-refractivity contribution in [3.05, 3.63) is 58.6 Å². The van der Waals surface area contributed by atoms with Gasteiger partial charge in [0.25, 0.3) is 0 Å². The molecule has 6 heteroatoms. The maximum absolute atomic E-state index is 12.8. The number of ether oxygens (including phenoxy) is 2. The first-order valence-corrected chi connectivity index (χ1v) is 8.22. The number of methoxy groups -OCH3 is 2. The largest absolute Gasteiger partial charge is 0.496 e. The van der Waals surface area contributed by atoms with Gasteiger partial charge in [0.15, 0.2) is 0 Å². The van der Waals surface area contributed by atoms with Gasteiger partial charge >= 0.3 is 5.97 Å². The second-order valence-electron chi connectivity index (χ2n) is 5.93. The molecule has 0 atom stereocenters. The Morgan fingerprint density at radius 1 is 1.12 bits per heavy atom. The fourth-order valence-electron chi connectivity index (χ4n) is 2.86. The zero-order valence-corrected chi connectivity index (χ0v) is 14.7. The highest BCUT2D eigenvalue weighted by molar-refractivity contribution is 6.34. The third kappa shape index (κ3) is 3.20. The predicted octanol–water partition coefficient (Wildman–Crippen LogP) is 3.81. The number of esters is 1. The summed E-state index contributed by atoms with van der Waals surface area (Å²) in [4.78, 5) is 24.6. The van der Waals surface area contributed by atoms with Crippen LogP contribution in [-0.2, 0) is 14.9 Å². The molecule has 0 saturated heterocycles. The molecule has 0 radical (unpaired) electrons. The third-order valence-electron chi connectivity index (χ3n) is 4.45. The molecule has 0 aliphatic heterocycles. The van der Waals surface area contributed by atoms with E-state index < -0.39 is 11.4 Å². The SMILES string of the molecule is COC(=O)c1cc(Cl)c(NC(=O)C2(c3ccccc3)CC2)cc1OC. The van der Waals surface area contributed by atoms with Crippen LogP contribution in [0.3, 0.4) is 0 Å². The van der Waals surface area contributed by atoms with Crippen LogP contribution in [0, 0.1) is 0 Å². The van der Waals surface area contributed by atoms with Crippen molar-refractivity contribution in [3.8, 4) is 5.75 Å². The summed E-state index contributed by atoms with van der Waals surface area (Å²) in [5.41, 5.74) is 1.08. The van der Waals surface area contributed by atoms with Crippen LogP contribution in [-0.4, -0.2) is 26.1 Å². The number of hydrogen-bond donors (Lipinski definition) is 1. The Morgan fingerprint density at radius 2 is 1.80 bits per heavy atom. The summed E-state index contributed by atoms with van der Waals surface area (Å²) in [6.45, 7) is 0. The van der Waals surface area contributed by atoms with E-state index in [-0.39, 0.29) is 22.2 Å². The third-order valence-corrected chi connectivity index (χ3v) is 4.77. The number of hydrogen-bond acceptors (Lipinski definition) is 4. The van der Waals surface area contributed by atoms with Gasteiger partial charge in [0.2, 0.25) is 5.91 Å². The first-order chi connectivity index (χ1) is 12.0. The Hall–Kier alpha value is -2.53. The predicted molar refractivity (Wildman–Crippen MR) is 95.3 cm³/mol. The number of anilines is 1. The normalized spacial score (nSPS) is 14.5. The smallest absolute Gasteiger partial charge is 0.341 e. The molecule has 5 nitrogen and oxygen atoms in total. The van der Waals surface area contributed by atoms with Crippen LogP contribution < -0.4 is 10.1 Å². The van der Waals surface area contributed by atoms with Gasteiger partial charge < -0.3 is 14.8 Å². The Balaban J connectivity index is 1.88. The Morgan fingerprint density at radius 3 is 2.36 bits per heavy atom. The summed E-state index contributed by atoms with van der Waals surface area (Å²) < 4.78 is 9.93. The van der Waals surface area contributed by atoms with Crippen molar-refractivity contribution in [1.29, 1.82) is 0 Å². The van der Waals surface area contributed by atoms with Gasteiger partial charge in [-0.2, -0.15) is 0 Å². The standard InChI is InChI=1S/C19H18ClNO4/c1-24-16-11-15(14(20)10-13(16)17(22)25-2)21-18(23)19(8-9-19)12-6-4-3-5-7-12/h3-7,10-11H,8-9H2,1-2H3,(H,21,23). The fraction of sp³-hybridized carbons (Fsp3) is 0.263. The number of nitrogens with one attached hydrogen (secondary N) is 1. The molecule has 3 rings (SSSR count). The van der Waals surface area contributed by atoms with Gasteiger partial charge in [-0.05, 0) is 24.5 Å². The molecule has 130 valence electrons. The zero-order chi connectivity index (χ0) is 18.0. The summed E-state index contributed by atoms with van der Waals surface area (Å²) in [5.74, 6) is -0.385. The van der Waals surface area contributed by atoms with Gasteiger partial charge in [-0.25, -0.2) is 4.79 Å². The molecule has 2 aromatic rings. The molecule has 1 fully saturated rings. The lowest BCUT2D eigenvalue weighted by Gasteiger charge is -2.17. The second kappa shape index (κ2) is 6.76. The van der Waals surface area contributed by atoms with E-state index in [0.717, 1.165) is 18.4 Å². The molecule has 1 N–H and O–H groups in total. The monoisotopic (exact) mass is 359 g/mol. The number of benzene rings is 2. The topological polar surface area (TPSA) is 64.6 Å². The molecular weight excluding hydrogens is 342 g/mol. The van der Waals surface area contributed by atoms with Gasteiger partial charge in [0.1, 0.15) is 11.3 Å². The van der Waals surface area contributed by atoms with E-state index in [1.54, 1.807) is 0 Å². The molecule has 25 heavy (non-hydrogen) atoms. The molecule has 1 aliphatic rings. The first-order valence-electron chi connectivity index (χ1n) is 7.84. The van der Waals surface area contributed by atoms with E-state index in [1.165, 1.54) is 26.4 Å². The van der Waals surface area contributed by atoms with Crippen LogP contribution in [0.15, 0.2) is 42.5 Å². The number of amides is 1. The van der Waals surface area contributed by atoms with Crippen LogP contribution >= 0.6 is 11.6 Å². The Bertz CT molecular complexity index is 816. The van der Waals surface area contributed by atoms with Gasteiger partial charge in [0.05, 0.1) is 30.3 Å². The van der Waals surface area contributed by atoms with E-state index in [4.69, 9.17) is 21.1 Å². The molecule has 0 bridgehead atoms. The molecule has 1 amide bonds. The van der Waals surface area contributed by atoms with Crippen molar-refractivity contribution in [3.63, 3.8) is 0 Å². The molecule has 0 unspecified atom stereocenters. The molecule has 0 aromatic heterocycles. The van der Waals surface area contributed by atoms with Crippen molar-refractivity contribution in [2.75, 3.05) is 19.5 Å². The van der Waals surface area contributed by atoms with Crippen LogP contribution in [0.5, 0.6) is 5.75 Å². The molecular formula is C19H18ClNO4. The highest BCUT2D eigenvalue weighted by atomic mass is 35.5. The van der Waals surface area contributed by atoms with Crippen LogP contribution in [0.2, 0.25) is 5.02 Å². The summed E-state index contributed by atoms with van der Waals surface area (Å²) in [6, 6.07) is 12.6. The van der Waals surface area contributed by atoms with Crippen molar-refractivity contribution in [2.45, 2.75) is 18.3 Å². The summed E-state index contributed by atoms with van der Waals surface area (Å²) in [6.07, 6.45) is 1.58. The van der Waals surface area contributed by atoms with Crippen molar-refractivity contribution in [1.82, 2.24) is 0 Å². The van der Waals surface area contributed by atoms with E-state index >= 15 is 0 Å². The van der Waals surface area contributed by atoms with E-state index in [9.17, 15) is 9.59 Å². The van der Waals surface area contributed by atoms with Gasteiger partial charge in [-0.15, -0.1) is 0 Å². The van der Waals surface area contributed by atoms with E-state index in [1.807, 2.05) is 30.3 Å². The minimum Gasteiger partial charge on any atom is -0.496 e. The van der Waals surface area contributed by atoms with Crippen molar-refractivity contribution >= 4 is 29.2 Å². The summed E-state index contributed by atoms with van der Waals surface area (Å²) >= 11 is 6.24. The maximum Gasteiger partial charge on any atom is 0.341 e. The summed E-state index contributed by atoms with van der Waals surface area (Å²) in [7, 11) is 2.72. The van der Waals surface area contributed by atoms with Gasteiger partial charge in [0, 0.05) is 6.07 Å². The Kier molecular flexibility index (Phi) is 4.68. The second-order valence-corrected chi connectivity index (χ2v) is 6.33. The number of rotatable bonds is 5. The number of halogens is 1. The lowest BCUT2D eigenvalue weighted by Crippen LogP contribution is -2.28. The zero-order valence-electron chi connectivity index (χ0n) is 14.0. The molecule has 1 saturated carbocycles. The highest BCUT2D eigenvalue weighted by Gasteiger charge is 2.51. The van der Waals surface area contributed by atoms with Crippen molar-refractivity contribution in [2.24, 2.45) is 0 Å². The van der Waals surface area contributed by atoms with Crippen LogP contribution in [0.25, 0.3) is 0 Å². The fourth-order valence-corrected chi connectivity index (χ4v) is 3.07. The van der Waals surface area contributed by atoms with Crippen LogP contribution in [0.1, 0.15) is 28.8 Å². The van der Waals surface area contributed by atoms with E-state index in [2.05, 4.69) is 5.32 Å². The molecule has 0 spiro atoms. The first kappa shape index (κ1) is 17.3. The maximum atomic E-state index is 12.8. The average Bonchev–Trinajstić information content (AvgIpc) is 3.45. The summed E-state index contributed by atoms with van der Waals surface area (Å²) in [5, 5.41) is 3.12. The molecule has 1 aliphatic carbocycles. The lowest BCUT2D eigenvalue weighted by molar-refractivity contribution is -0.118. The number of carbonyl (C=O) groups excluding carboxylic acids is 2. The van der Waals surface area contributed by atoms with Gasteiger partial charge in [-0.3, -0.25) is 4.79 Å². The minimum atomic E-state index is -0.556.